The molecule has 0 unspecified atom stereocenters. The number of carbonyl (C=O) groups excluding carboxylic acids is 1. The van der Waals surface area contributed by atoms with Crippen molar-refractivity contribution in [1.29, 1.82) is 0 Å². The molecule has 1 aromatic carbocycles. The molecule has 0 heterocycles. The molecule has 0 aliphatic rings. The first kappa shape index (κ1) is 17.4. The molecule has 0 spiro atoms. The lowest BCUT2D eigenvalue weighted by Gasteiger charge is -2.17. The molecule has 0 aromatic heterocycles. The number of carbonyl (C=O) groups is 1. The zero-order valence-electron chi connectivity index (χ0n) is 13.2. The van der Waals surface area contributed by atoms with Gasteiger partial charge in [0.25, 0.3) is 0 Å². The van der Waals surface area contributed by atoms with Crippen LogP contribution in [0.4, 0.5) is 5.69 Å². The van der Waals surface area contributed by atoms with Crippen molar-refractivity contribution in [3.05, 3.63) is 29.3 Å². The molecule has 0 saturated carbocycles. The summed E-state index contributed by atoms with van der Waals surface area (Å²) in [6.07, 6.45) is 2.16. The van der Waals surface area contributed by atoms with E-state index in [1.165, 1.54) is 0 Å². The molecule has 116 valence electrons. The van der Waals surface area contributed by atoms with Crippen LogP contribution in [0, 0.1) is 6.92 Å². The van der Waals surface area contributed by atoms with Crippen LogP contribution in [0.15, 0.2) is 18.2 Å². The third-order valence-electron chi connectivity index (χ3n) is 3.10. The number of thiocarbonyl (C=S) groups is 1. The molecule has 1 aromatic rings. The highest BCUT2D eigenvalue weighted by molar-refractivity contribution is 7.80. The fraction of sp³-hybridized carbons (Fsp3) is 0.500. The van der Waals surface area contributed by atoms with Gasteiger partial charge in [0.1, 0.15) is 0 Å². The van der Waals surface area contributed by atoms with Crippen molar-refractivity contribution < 1.29 is 9.53 Å². The Bertz CT molecular complexity index is 503. The third kappa shape index (κ3) is 5.71. The molecule has 21 heavy (non-hydrogen) atoms. The molecule has 0 aliphatic carbocycles. The summed E-state index contributed by atoms with van der Waals surface area (Å²) < 4.78 is 5.01. The van der Waals surface area contributed by atoms with Crippen LogP contribution in [0.5, 0.6) is 0 Å². The van der Waals surface area contributed by atoms with Crippen LogP contribution >= 0.6 is 12.2 Å². The Morgan fingerprint density at radius 2 is 2.10 bits per heavy atom. The SMILES string of the molecule is CCC[C@H](C)NC(=S)Nc1cc(C(=O)OCC)ccc1C. The Balaban J connectivity index is 2.75. The quantitative estimate of drug-likeness (QED) is 0.620. The van der Waals surface area contributed by atoms with Gasteiger partial charge < -0.3 is 15.4 Å². The Kier molecular flexibility index (Phi) is 7.15. The summed E-state index contributed by atoms with van der Waals surface area (Å²) in [5, 5.41) is 6.95. The van der Waals surface area contributed by atoms with Crippen molar-refractivity contribution in [2.45, 2.75) is 46.6 Å². The fourth-order valence-electron chi connectivity index (χ4n) is 1.99. The van der Waals surface area contributed by atoms with Gasteiger partial charge in [0.2, 0.25) is 0 Å². The first-order valence-corrected chi connectivity index (χ1v) is 7.74. The largest absolute Gasteiger partial charge is 0.462 e. The Morgan fingerprint density at radius 1 is 1.38 bits per heavy atom. The number of rotatable bonds is 6. The molecule has 0 amide bonds. The highest BCUT2D eigenvalue weighted by Gasteiger charge is 2.10. The summed E-state index contributed by atoms with van der Waals surface area (Å²) in [5.41, 5.74) is 2.37. The average molecular weight is 308 g/mol. The van der Waals surface area contributed by atoms with Gasteiger partial charge in [-0.2, -0.15) is 0 Å². The smallest absolute Gasteiger partial charge is 0.338 e. The maximum Gasteiger partial charge on any atom is 0.338 e. The second-order valence-corrected chi connectivity index (χ2v) is 5.45. The predicted molar refractivity (Wildman–Crippen MR) is 90.9 cm³/mol. The number of nitrogens with one attached hydrogen (secondary N) is 2. The van der Waals surface area contributed by atoms with Gasteiger partial charge in [0.15, 0.2) is 5.11 Å². The van der Waals surface area contributed by atoms with Crippen LogP contribution in [0.25, 0.3) is 0 Å². The van der Waals surface area contributed by atoms with E-state index in [-0.39, 0.29) is 5.97 Å². The molecule has 0 saturated heterocycles. The molecular formula is C16H24N2O2S. The normalized spacial score (nSPS) is 11.6. The summed E-state index contributed by atoms with van der Waals surface area (Å²) in [7, 11) is 0. The van der Waals surface area contributed by atoms with Crippen LogP contribution < -0.4 is 10.6 Å². The summed E-state index contributed by atoms with van der Waals surface area (Å²) >= 11 is 5.31. The fourth-order valence-corrected chi connectivity index (χ4v) is 2.30. The molecule has 0 bridgehead atoms. The van der Waals surface area contributed by atoms with Crippen molar-refractivity contribution in [2.75, 3.05) is 11.9 Å². The van der Waals surface area contributed by atoms with E-state index in [9.17, 15) is 4.79 Å². The van der Waals surface area contributed by atoms with Crippen molar-refractivity contribution >= 4 is 29.0 Å². The van der Waals surface area contributed by atoms with E-state index >= 15 is 0 Å². The van der Waals surface area contributed by atoms with Gasteiger partial charge in [-0.25, -0.2) is 4.79 Å². The Labute approximate surface area is 132 Å². The number of hydrogen-bond acceptors (Lipinski definition) is 3. The van der Waals surface area contributed by atoms with E-state index in [1.807, 2.05) is 13.0 Å². The maximum absolute atomic E-state index is 11.8. The maximum atomic E-state index is 11.8. The minimum absolute atomic E-state index is 0.321. The highest BCUT2D eigenvalue weighted by atomic mass is 32.1. The van der Waals surface area contributed by atoms with Crippen molar-refractivity contribution in [3.63, 3.8) is 0 Å². The topological polar surface area (TPSA) is 50.4 Å². The van der Waals surface area contributed by atoms with Gasteiger partial charge in [-0.1, -0.05) is 19.4 Å². The van der Waals surface area contributed by atoms with Gasteiger partial charge in [-0.3, -0.25) is 0 Å². The first-order valence-electron chi connectivity index (χ1n) is 7.33. The van der Waals surface area contributed by atoms with Crippen molar-refractivity contribution in [1.82, 2.24) is 5.32 Å². The standard InChI is InChI=1S/C16H24N2O2S/c1-5-7-12(4)17-16(21)18-14-10-13(9-8-11(14)3)15(19)20-6-2/h8-10,12H,5-7H2,1-4H3,(H2,17,18,21)/t12-/m0/s1. The number of anilines is 1. The molecule has 0 fully saturated rings. The molecule has 5 heteroatoms. The number of benzene rings is 1. The lowest BCUT2D eigenvalue weighted by Crippen LogP contribution is -2.35. The van der Waals surface area contributed by atoms with Crippen LogP contribution in [-0.2, 0) is 4.74 Å². The van der Waals surface area contributed by atoms with Crippen LogP contribution in [-0.4, -0.2) is 23.7 Å². The van der Waals surface area contributed by atoms with Gasteiger partial charge in [-0.05, 0) is 57.1 Å². The zero-order valence-corrected chi connectivity index (χ0v) is 14.0. The monoisotopic (exact) mass is 308 g/mol. The number of hydrogen-bond donors (Lipinski definition) is 2. The average Bonchev–Trinajstić information content (AvgIpc) is 2.41. The van der Waals surface area contributed by atoms with Gasteiger partial charge in [0.05, 0.1) is 12.2 Å². The number of esters is 1. The highest BCUT2D eigenvalue weighted by Crippen LogP contribution is 2.17. The van der Waals surface area contributed by atoms with E-state index < -0.39 is 0 Å². The van der Waals surface area contributed by atoms with Gasteiger partial charge in [-0.15, -0.1) is 0 Å². The van der Waals surface area contributed by atoms with E-state index in [0.29, 0.717) is 23.3 Å². The first-order chi connectivity index (χ1) is 9.97. The van der Waals surface area contributed by atoms with E-state index in [4.69, 9.17) is 17.0 Å². The summed E-state index contributed by atoms with van der Waals surface area (Å²) in [6, 6.07) is 5.73. The van der Waals surface area contributed by atoms with Crippen LogP contribution in [0.2, 0.25) is 0 Å². The molecule has 4 nitrogen and oxygen atoms in total. The molecule has 2 N–H and O–H groups in total. The summed E-state index contributed by atoms with van der Waals surface area (Å²) in [6.45, 7) is 8.36. The molecule has 1 rings (SSSR count). The molecule has 0 aliphatic heterocycles. The number of aryl methyl sites for hydroxylation is 1. The lowest BCUT2D eigenvalue weighted by molar-refractivity contribution is 0.0526. The summed E-state index contributed by atoms with van der Waals surface area (Å²) in [5.74, 6) is -0.321. The van der Waals surface area contributed by atoms with Crippen molar-refractivity contribution in [2.24, 2.45) is 0 Å². The van der Waals surface area contributed by atoms with E-state index in [1.54, 1.807) is 19.1 Å². The minimum atomic E-state index is -0.321. The lowest BCUT2D eigenvalue weighted by atomic mass is 10.1. The van der Waals surface area contributed by atoms with Gasteiger partial charge in [0, 0.05) is 11.7 Å². The number of ether oxygens (including phenoxy) is 1. The molecule has 0 radical (unpaired) electrons. The molecule has 1 atom stereocenters. The van der Waals surface area contributed by atoms with Crippen LogP contribution in [0.1, 0.15) is 49.5 Å². The third-order valence-corrected chi connectivity index (χ3v) is 3.32. The summed E-state index contributed by atoms with van der Waals surface area (Å²) in [4.78, 5) is 11.8. The Hall–Kier alpha value is -1.62. The van der Waals surface area contributed by atoms with E-state index in [0.717, 1.165) is 24.1 Å². The zero-order chi connectivity index (χ0) is 15.8. The minimum Gasteiger partial charge on any atom is -0.462 e. The van der Waals surface area contributed by atoms with Crippen molar-refractivity contribution in [3.8, 4) is 0 Å². The second-order valence-electron chi connectivity index (χ2n) is 5.04. The molecular weight excluding hydrogens is 284 g/mol. The van der Waals surface area contributed by atoms with E-state index in [2.05, 4.69) is 24.5 Å². The predicted octanol–water partition coefficient (Wildman–Crippen LogP) is 3.65. The van der Waals surface area contributed by atoms with Gasteiger partial charge >= 0.3 is 5.97 Å². The second kappa shape index (κ2) is 8.62. The Morgan fingerprint density at radius 3 is 2.71 bits per heavy atom. The van der Waals surface area contributed by atoms with Crippen LogP contribution in [0.3, 0.4) is 0 Å².